The van der Waals surface area contributed by atoms with Crippen molar-refractivity contribution >= 4 is 22.0 Å². The molecule has 0 radical (unpaired) electrons. The van der Waals surface area contributed by atoms with Gasteiger partial charge in [-0.3, -0.25) is 9.59 Å². The molecule has 0 aromatic rings. The average Bonchev–Trinajstić information content (AvgIpc) is 2.41. The Hall–Kier alpha value is -1.15. The second-order valence-corrected chi connectivity index (χ2v) is 8.54. The molecule has 1 N–H and O–H groups in total. The average molecular weight is 333 g/mol. The van der Waals surface area contributed by atoms with E-state index in [4.69, 9.17) is 9.84 Å². The summed E-state index contributed by atoms with van der Waals surface area (Å²) >= 11 is 0. The van der Waals surface area contributed by atoms with E-state index in [0.29, 0.717) is 25.8 Å². The molecule has 2 fully saturated rings. The van der Waals surface area contributed by atoms with Gasteiger partial charge in [0.1, 0.15) is 0 Å². The summed E-state index contributed by atoms with van der Waals surface area (Å²) in [4.78, 5) is 23.1. The highest BCUT2D eigenvalue weighted by atomic mass is 32.2. The summed E-state index contributed by atoms with van der Waals surface area (Å²) in [6.45, 7) is 2.14. The molecular weight excluding hydrogens is 310 g/mol. The molecule has 0 aromatic carbocycles. The van der Waals surface area contributed by atoms with Gasteiger partial charge in [-0.15, -0.1) is 0 Å². The lowest BCUT2D eigenvalue weighted by Gasteiger charge is -2.41. The zero-order valence-electron chi connectivity index (χ0n) is 12.9. The molecule has 2 atom stereocenters. The van der Waals surface area contributed by atoms with E-state index in [9.17, 15) is 18.0 Å². The molecule has 1 aliphatic carbocycles. The summed E-state index contributed by atoms with van der Waals surface area (Å²) in [5, 5.41) is 9.16. The fourth-order valence-electron chi connectivity index (χ4n) is 3.38. The second-order valence-electron chi connectivity index (χ2n) is 6.57. The van der Waals surface area contributed by atoms with Gasteiger partial charge in [-0.1, -0.05) is 13.3 Å². The third kappa shape index (κ3) is 3.27. The number of piperidine rings is 1. The first-order chi connectivity index (χ1) is 10.2. The SMILES string of the molecule is COC(=O)C1(CS(=O)(=O)N2CC(C)CC(C(=O)O)C2)CCC1. The zero-order valence-corrected chi connectivity index (χ0v) is 13.8. The van der Waals surface area contributed by atoms with E-state index in [1.165, 1.54) is 11.4 Å². The molecule has 0 aromatic heterocycles. The second kappa shape index (κ2) is 6.16. The number of hydrogen-bond acceptors (Lipinski definition) is 5. The van der Waals surface area contributed by atoms with Gasteiger partial charge < -0.3 is 9.84 Å². The molecule has 1 aliphatic heterocycles. The quantitative estimate of drug-likeness (QED) is 0.743. The zero-order chi connectivity index (χ0) is 16.5. The maximum atomic E-state index is 12.7. The van der Waals surface area contributed by atoms with E-state index in [1.807, 2.05) is 6.92 Å². The van der Waals surface area contributed by atoms with Crippen molar-refractivity contribution in [1.82, 2.24) is 4.31 Å². The number of carboxylic acids is 1. The van der Waals surface area contributed by atoms with Crippen LogP contribution in [0.5, 0.6) is 0 Å². The summed E-state index contributed by atoms with van der Waals surface area (Å²) < 4.78 is 31.3. The van der Waals surface area contributed by atoms with Gasteiger partial charge in [0.2, 0.25) is 10.0 Å². The van der Waals surface area contributed by atoms with E-state index < -0.39 is 33.3 Å². The predicted molar refractivity (Wildman–Crippen MR) is 78.6 cm³/mol. The Morgan fingerprint density at radius 2 is 1.95 bits per heavy atom. The number of carboxylic acid groups (broad SMARTS) is 1. The molecule has 1 saturated carbocycles. The predicted octanol–water partition coefficient (Wildman–Crippen LogP) is 0.702. The summed E-state index contributed by atoms with van der Waals surface area (Å²) in [5.41, 5.74) is -0.951. The van der Waals surface area contributed by atoms with Gasteiger partial charge in [-0.25, -0.2) is 12.7 Å². The van der Waals surface area contributed by atoms with Crippen LogP contribution < -0.4 is 0 Å². The van der Waals surface area contributed by atoms with E-state index in [1.54, 1.807) is 0 Å². The van der Waals surface area contributed by atoms with Gasteiger partial charge in [0.05, 0.1) is 24.2 Å². The number of methoxy groups -OCH3 is 1. The van der Waals surface area contributed by atoms with Crippen LogP contribution in [0.4, 0.5) is 0 Å². The first kappa shape index (κ1) is 17.2. The molecule has 22 heavy (non-hydrogen) atoms. The topological polar surface area (TPSA) is 101 Å². The maximum absolute atomic E-state index is 12.7. The molecule has 0 bridgehead atoms. The minimum atomic E-state index is -3.69. The molecular formula is C14H23NO6S. The summed E-state index contributed by atoms with van der Waals surface area (Å²) in [6.07, 6.45) is 2.29. The molecule has 8 heteroatoms. The Balaban J connectivity index is 2.15. The number of hydrogen-bond donors (Lipinski definition) is 1. The highest BCUT2D eigenvalue weighted by Crippen LogP contribution is 2.44. The normalized spacial score (nSPS) is 28.6. The maximum Gasteiger partial charge on any atom is 0.312 e. The van der Waals surface area contributed by atoms with Crippen LogP contribution in [0.1, 0.15) is 32.6 Å². The standard InChI is InChI=1S/C14H23NO6S/c1-10-6-11(12(16)17)8-15(7-10)22(19,20)9-14(4-3-5-14)13(18)21-2/h10-11H,3-9H2,1-2H3,(H,16,17). The van der Waals surface area contributed by atoms with E-state index in [0.717, 1.165) is 6.42 Å². The number of ether oxygens (including phenoxy) is 1. The van der Waals surface area contributed by atoms with Crippen molar-refractivity contribution in [1.29, 1.82) is 0 Å². The molecule has 1 heterocycles. The third-order valence-electron chi connectivity index (χ3n) is 4.76. The Bertz CT molecular complexity index is 554. The van der Waals surface area contributed by atoms with E-state index in [-0.39, 0.29) is 18.2 Å². The largest absolute Gasteiger partial charge is 0.481 e. The molecule has 1 saturated heterocycles. The van der Waals surface area contributed by atoms with Crippen molar-refractivity contribution in [3.8, 4) is 0 Å². The lowest BCUT2D eigenvalue weighted by Crippen LogP contribution is -2.52. The van der Waals surface area contributed by atoms with Gasteiger partial charge in [0, 0.05) is 13.1 Å². The summed E-state index contributed by atoms with van der Waals surface area (Å²) in [5.74, 6) is -2.44. The highest BCUT2D eigenvalue weighted by molar-refractivity contribution is 7.89. The highest BCUT2D eigenvalue weighted by Gasteiger charge is 2.50. The minimum Gasteiger partial charge on any atom is -0.481 e. The van der Waals surface area contributed by atoms with Gasteiger partial charge in [-0.2, -0.15) is 0 Å². The lowest BCUT2D eigenvalue weighted by molar-refractivity contribution is -0.156. The van der Waals surface area contributed by atoms with Gasteiger partial charge in [0.25, 0.3) is 0 Å². The third-order valence-corrected chi connectivity index (χ3v) is 6.76. The van der Waals surface area contributed by atoms with Crippen molar-refractivity contribution in [2.75, 3.05) is 26.0 Å². The molecule has 2 rings (SSSR count). The van der Waals surface area contributed by atoms with Crippen molar-refractivity contribution in [3.05, 3.63) is 0 Å². The number of nitrogens with zero attached hydrogens (tertiary/aromatic N) is 1. The fourth-order valence-corrected chi connectivity index (χ4v) is 5.55. The van der Waals surface area contributed by atoms with Crippen LogP contribution in [-0.2, 0) is 24.3 Å². The minimum absolute atomic E-state index is 0.0138. The van der Waals surface area contributed by atoms with Gasteiger partial charge in [-0.05, 0) is 25.2 Å². The van der Waals surface area contributed by atoms with Crippen LogP contribution in [0.2, 0.25) is 0 Å². The monoisotopic (exact) mass is 333 g/mol. The van der Waals surface area contributed by atoms with E-state index in [2.05, 4.69) is 0 Å². The number of carbonyl (C=O) groups excluding carboxylic acids is 1. The van der Waals surface area contributed by atoms with Gasteiger partial charge in [0.15, 0.2) is 0 Å². The van der Waals surface area contributed by atoms with Crippen LogP contribution in [0.25, 0.3) is 0 Å². The van der Waals surface area contributed by atoms with Crippen molar-refractivity contribution in [2.45, 2.75) is 32.6 Å². The number of aliphatic carboxylic acids is 1. The Labute approximate surface area is 130 Å². The first-order valence-corrected chi connectivity index (χ1v) is 9.10. The van der Waals surface area contributed by atoms with Crippen molar-refractivity contribution < 1.29 is 27.9 Å². The van der Waals surface area contributed by atoms with Crippen molar-refractivity contribution in [2.24, 2.45) is 17.3 Å². The van der Waals surface area contributed by atoms with Crippen LogP contribution in [0.3, 0.4) is 0 Å². The Morgan fingerprint density at radius 1 is 1.32 bits per heavy atom. The molecule has 7 nitrogen and oxygen atoms in total. The number of esters is 1. The van der Waals surface area contributed by atoms with Crippen LogP contribution in [0, 0.1) is 17.3 Å². The number of rotatable bonds is 5. The lowest BCUT2D eigenvalue weighted by atomic mass is 9.70. The fraction of sp³-hybridized carbons (Fsp3) is 0.857. The Kier molecular flexibility index (Phi) is 4.81. The molecule has 2 unspecified atom stereocenters. The molecule has 126 valence electrons. The summed E-state index contributed by atoms with van der Waals surface area (Å²) in [7, 11) is -2.42. The summed E-state index contributed by atoms with van der Waals surface area (Å²) in [6, 6.07) is 0. The smallest absolute Gasteiger partial charge is 0.312 e. The molecule has 2 aliphatic rings. The van der Waals surface area contributed by atoms with Crippen LogP contribution in [-0.4, -0.2) is 55.7 Å². The van der Waals surface area contributed by atoms with Crippen molar-refractivity contribution in [3.63, 3.8) is 0 Å². The first-order valence-electron chi connectivity index (χ1n) is 7.49. The molecule has 0 amide bonds. The number of carbonyl (C=O) groups is 2. The molecule has 0 spiro atoms. The van der Waals surface area contributed by atoms with Crippen LogP contribution >= 0.6 is 0 Å². The van der Waals surface area contributed by atoms with Gasteiger partial charge >= 0.3 is 11.9 Å². The number of sulfonamides is 1. The van der Waals surface area contributed by atoms with Crippen LogP contribution in [0.15, 0.2) is 0 Å². The Morgan fingerprint density at radius 3 is 2.41 bits per heavy atom. The van der Waals surface area contributed by atoms with E-state index >= 15 is 0 Å².